The van der Waals surface area contributed by atoms with Gasteiger partial charge in [0.25, 0.3) is 10.2 Å². The minimum atomic E-state index is -3.37. The molecule has 0 bridgehead atoms. The van der Waals surface area contributed by atoms with Crippen LogP contribution in [0, 0.1) is 0 Å². The lowest BCUT2D eigenvalue weighted by atomic mass is 10.2. The predicted octanol–water partition coefficient (Wildman–Crippen LogP) is -0.627. The fraction of sp³-hybridized carbons (Fsp3) is 1.00. The van der Waals surface area contributed by atoms with Crippen molar-refractivity contribution < 1.29 is 13.2 Å². The fourth-order valence-electron chi connectivity index (χ4n) is 2.31. The molecule has 0 radical (unpaired) electrons. The highest BCUT2D eigenvalue weighted by Crippen LogP contribution is 2.21. The summed E-state index contributed by atoms with van der Waals surface area (Å²) >= 11 is 0. The molecule has 3 atom stereocenters. The summed E-state index contributed by atoms with van der Waals surface area (Å²) in [5.41, 5.74) is 5.76. The van der Waals surface area contributed by atoms with Crippen molar-refractivity contribution in [2.24, 2.45) is 5.73 Å². The van der Waals surface area contributed by atoms with E-state index in [2.05, 4.69) is 0 Å². The molecule has 0 aromatic heterocycles. The molecule has 0 aliphatic carbocycles. The largest absolute Gasteiger partial charge is 0.375 e. The third kappa shape index (κ3) is 2.63. The highest BCUT2D eigenvalue weighted by Gasteiger charge is 2.39. The molecule has 0 aromatic carbocycles. The molecule has 2 fully saturated rings. The third-order valence-corrected chi connectivity index (χ3v) is 5.45. The monoisotopic (exact) mass is 263 g/mol. The Balaban J connectivity index is 2.13. The summed E-state index contributed by atoms with van der Waals surface area (Å²) in [6.45, 7) is 5.61. The van der Waals surface area contributed by atoms with Crippen molar-refractivity contribution in [3.8, 4) is 0 Å². The molecule has 100 valence electrons. The second-order valence-corrected chi connectivity index (χ2v) is 6.86. The summed E-state index contributed by atoms with van der Waals surface area (Å²) in [5.74, 6) is 0. The van der Waals surface area contributed by atoms with Crippen LogP contribution in [0.25, 0.3) is 0 Å². The second kappa shape index (κ2) is 4.81. The average molecular weight is 263 g/mol. The van der Waals surface area contributed by atoms with Gasteiger partial charge in [0.1, 0.15) is 0 Å². The van der Waals surface area contributed by atoms with Crippen molar-refractivity contribution >= 4 is 10.2 Å². The van der Waals surface area contributed by atoms with Gasteiger partial charge in [0.2, 0.25) is 0 Å². The smallest absolute Gasteiger partial charge is 0.282 e. The fourth-order valence-corrected chi connectivity index (χ4v) is 4.23. The summed E-state index contributed by atoms with van der Waals surface area (Å²) < 4.78 is 33.3. The maximum atomic E-state index is 12.4. The summed E-state index contributed by atoms with van der Waals surface area (Å²) in [6.07, 6.45) is 0.699. The molecule has 0 spiro atoms. The maximum absolute atomic E-state index is 12.4. The number of ether oxygens (including phenoxy) is 1. The quantitative estimate of drug-likeness (QED) is 0.720. The van der Waals surface area contributed by atoms with Crippen molar-refractivity contribution in [1.29, 1.82) is 0 Å². The topological polar surface area (TPSA) is 75.9 Å². The van der Waals surface area contributed by atoms with Crippen LogP contribution in [0.3, 0.4) is 0 Å². The summed E-state index contributed by atoms with van der Waals surface area (Å²) in [7, 11) is -3.37. The molecule has 2 rings (SSSR count). The maximum Gasteiger partial charge on any atom is 0.282 e. The van der Waals surface area contributed by atoms with Crippen molar-refractivity contribution in [2.75, 3.05) is 26.2 Å². The number of nitrogens with two attached hydrogens (primary N) is 1. The van der Waals surface area contributed by atoms with Gasteiger partial charge >= 0.3 is 0 Å². The molecule has 17 heavy (non-hydrogen) atoms. The number of hydrogen-bond donors (Lipinski definition) is 1. The lowest BCUT2D eigenvalue weighted by Gasteiger charge is -2.37. The van der Waals surface area contributed by atoms with E-state index < -0.39 is 10.2 Å². The van der Waals surface area contributed by atoms with E-state index in [9.17, 15) is 8.42 Å². The number of hydrogen-bond acceptors (Lipinski definition) is 4. The first-order valence-corrected chi connectivity index (χ1v) is 7.45. The molecule has 0 amide bonds. The van der Waals surface area contributed by atoms with Crippen LogP contribution in [0.1, 0.15) is 20.3 Å². The van der Waals surface area contributed by atoms with Gasteiger partial charge in [0.15, 0.2) is 0 Å². The Morgan fingerprint density at radius 3 is 2.59 bits per heavy atom. The molecule has 2 aliphatic heterocycles. The molecule has 7 heteroatoms. The average Bonchev–Trinajstić information content (AvgIpc) is 2.69. The first-order valence-electron chi connectivity index (χ1n) is 6.05. The standard InChI is InChI=1S/C10H21N3O3S/c1-8-7-16-9(2)5-13(8)17(14,15)12-4-3-10(11)6-12/h8-10H,3-7,11H2,1-2H3/t8-,9-,10-/m0/s1. The van der Waals surface area contributed by atoms with Crippen LogP contribution in [-0.2, 0) is 14.9 Å². The van der Waals surface area contributed by atoms with Gasteiger partial charge in [-0.2, -0.15) is 17.0 Å². The van der Waals surface area contributed by atoms with Crippen molar-refractivity contribution in [3.05, 3.63) is 0 Å². The van der Waals surface area contributed by atoms with Gasteiger partial charge in [0.05, 0.1) is 12.7 Å². The molecule has 0 aromatic rings. The first-order chi connectivity index (χ1) is 7.91. The van der Waals surface area contributed by atoms with E-state index in [4.69, 9.17) is 10.5 Å². The van der Waals surface area contributed by atoms with E-state index in [-0.39, 0.29) is 18.2 Å². The summed E-state index contributed by atoms with van der Waals surface area (Å²) in [6, 6.07) is -0.133. The Kier molecular flexibility index (Phi) is 3.74. The van der Waals surface area contributed by atoms with Crippen LogP contribution in [-0.4, -0.2) is 61.5 Å². The van der Waals surface area contributed by atoms with E-state index in [0.717, 1.165) is 6.42 Å². The van der Waals surface area contributed by atoms with Gasteiger partial charge in [-0.05, 0) is 20.3 Å². The van der Waals surface area contributed by atoms with Crippen LogP contribution in [0.2, 0.25) is 0 Å². The van der Waals surface area contributed by atoms with Crippen LogP contribution < -0.4 is 5.73 Å². The van der Waals surface area contributed by atoms with Gasteiger partial charge < -0.3 is 10.5 Å². The molecule has 2 aliphatic rings. The zero-order valence-electron chi connectivity index (χ0n) is 10.4. The third-order valence-electron chi connectivity index (χ3n) is 3.36. The Bertz CT molecular complexity index is 373. The number of nitrogens with zero attached hydrogens (tertiary/aromatic N) is 2. The van der Waals surface area contributed by atoms with Crippen molar-refractivity contribution in [3.63, 3.8) is 0 Å². The molecular weight excluding hydrogens is 242 g/mol. The molecular formula is C10H21N3O3S. The number of rotatable bonds is 2. The minimum Gasteiger partial charge on any atom is -0.375 e. The second-order valence-electron chi connectivity index (χ2n) is 4.98. The van der Waals surface area contributed by atoms with E-state index in [1.54, 1.807) is 4.31 Å². The van der Waals surface area contributed by atoms with Gasteiger partial charge in [-0.15, -0.1) is 0 Å². The Labute approximate surface area is 103 Å². The SMILES string of the molecule is C[C@H]1CN(S(=O)(=O)N2CC[C@H](N)C2)[C@@H](C)CO1. The first kappa shape index (κ1) is 13.2. The molecule has 2 saturated heterocycles. The molecule has 2 heterocycles. The molecule has 0 saturated carbocycles. The van der Waals surface area contributed by atoms with Crippen LogP contribution in [0.5, 0.6) is 0 Å². The lowest BCUT2D eigenvalue weighted by Crippen LogP contribution is -2.54. The van der Waals surface area contributed by atoms with E-state index in [1.807, 2.05) is 13.8 Å². The van der Waals surface area contributed by atoms with E-state index in [0.29, 0.717) is 26.2 Å². The lowest BCUT2D eigenvalue weighted by molar-refractivity contribution is -0.0188. The number of morpholine rings is 1. The van der Waals surface area contributed by atoms with Gasteiger partial charge in [-0.1, -0.05) is 0 Å². The van der Waals surface area contributed by atoms with Crippen LogP contribution in [0.15, 0.2) is 0 Å². The Morgan fingerprint density at radius 1 is 1.29 bits per heavy atom. The van der Waals surface area contributed by atoms with Gasteiger partial charge in [-0.25, -0.2) is 0 Å². The van der Waals surface area contributed by atoms with Crippen molar-refractivity contribution in [1.82, 2.24) is 8.61 Å². The normalized spacial score (nSPS) is 37.5. The Hall–Kier alpha value is -0.210. The highest BCUT2D eigenvalue weighted by molar-refractivity contribution is 7.86. The Morgan fingerprint density at radius 2 is 2.00 bits per heavy atom. The molecule has 2 N–H and O–H groups in total. The van der Waals surface area contributed by atoms with Gasteiger partial charge in [0, 0.05) is 31.7 Å². The van der Waals surface area contributed by atoms with Gasteiger partial charge in [-0.3, -0.25) is 0 Å². The summed E-state index contributed by atoms with van der Waals surface area (Å²) in [5, 5.41) is 0. The van der Waals surface area contributed by atoms with Crippen LogP contribution >= 0.6 is 0 Å². The van der Waals surface area contributed by atoms with E-state index in [1.165, 1.54) is 4.31 Å². The minimum absolute atomic E-state index is 0.0291. The molecule has 0 unspecified atom stereocenters. The molecule has 6 nitrogen and oxygen atoms in total. The van der Waals surface area contributed by atoms with Crippen molar-refractivity contribution in [2.45, 2.75) is 38.5 Å². The zero-order valence-corrected chi connectivity index (χ0v) is 11.2. The zero-order chi connectivity index (χ0) is 12.6. The highest BCUT2D eigenvalue weighted by atomic mass is 32.2. The summed E-state index contributed by atoms with van der Waals surface area (Å²) in [4.78, 5) is 0. The van der Waals surface area contributed by atoms with E-state index >= 15 is 0 Å². The van der Waals surface area contributed by atoms with Crippen LogP contribution in [0.4, 0.5) is 0 Å². The predicted molar refractivity (Wildman–Crippen MR) is 64.7 cm³/mol.